The highest BCUT2D eigenvalue weighted by atomic mass is 19.1. The second kappa shape index (κ2) is 5.70. The number of alkyl halides is 1. The van der Waals surface area contributed by atoms with Gasteiger partial charge in [0.15, 0.2) is 0 Å². The number of nitrogens with one attached hydrogen (secondary N) is 2. The van der Waals surface area contributed by atoms with Gasteiger partial charge in [-0.05, 0) is 36.7 Å². The van der Waals surface area contributed by atoms with Gasteiger partial charge in [-0.3, -0.25) is 0 Å². The fraction of sp³-hybridized carbons (Fsp3) is 0.278. The molecule has 0 radical (unpaired) electrons. The number of allylic oxidation sites excluding steroid dienone is 1. The molecule has 122 valence electrons. The molecule has 2 aromatic rings. The van der Waals surface area contributed by atoms with Crippen LogP contribution in [0.5, 0.6) is 0 Å². The zero-order valence-electron chi connectivity index (χ0n) is 13.2. The first kappa shape index (κ1) is 14.8. The Bertz CT molecular complexity index is 809. The number of nitrogens with zero attached hydrogens (tertiary/aromatic N) is 3. The Balaban J connectivity index is 1.51. The molecule has 2 heterocycles. The summed E-state index contributed by atoms with van der Waals surface area (Å²) in [4.78, 5) is 13.2. The molecule has 0 aliphatic heterocycles. The molecule has 5 nitrogen and oxygen atoms in total. The van der Waals surface area contributed by atoms with Crippen LogP contribution in [-0.4, -0.2) is 27.2 Å². The van der Waals surface area contributed by atoms with Crippen molar-refractivity contribution >= 4 is 17.3 Å². The minimum Gasteiger partial charge on any atom is -0.351 e. The number of fused-ring (bicyclic) bond motifs is 1. The van der Waals surface area contributed by atoms with Crippen LogP contribution < -0.4 is 10.6 Å². The van der Waals surface area contributed by atoms with Gasteiger partial charge in [0, 0.05) is 29.9 Å². The Morgan fingerprint density at radius 2 is 2.12 bits per heavy atom. The van der Waals surface area contributed by atoms with E-state index in [1.54, 1.807) is 12.4 Å². The topological polar surface area (TPSA) is 62.7 Å². The zero-order valence-corrected chi connectivity index (χ0v) is 13.2. The summed E-state index contributed by atoms with van der Waals surface area (Å²) in [7, 11) is 0. The summed E-state index contributed by atoms with van der Waals surface area (Å²) in [6.07, 6.45) is 9.34. The maximum atomic E-state index is 13.7. The molecule has 0 bridgehead atoms. The van der Waals surface area contributed by atoms with E-state index in [0.29, 0.717) is 18.8 Å². The summed E-state index contributed by atoms with van der Waals surface area (Å²) in [6, 6.07) is 3.91. The lowest BCUT2D eigenvalue weighted by Gasteiger charge is -2.10. The Kier molecular flexibility index (Phi) is 3.52. The van der Waals surface area contributed by atoms with E-state index in [2.05, 4.69) is 38.2 Å². The molecule has 1 fully saturated rings. The lowest BCUT2D eigenvalue weighted by molar-refractivity contribution is 0.326. The maximum absolute atomic E-state index is 13.7. The minimum absolute atomic E-state index is 0.285. The van der Waals surface area contributed by atoms with Crippen molar-refractivity contribution in [2.45, 2.75) is 24.9 Å². The maximum Gasteiger partial charge on any atom is 0.223 e. The van der Waals surface area contributed by atoms with Crippen molar-refractivity contribution in [2.24, 2.45) is 0 Å². The minimum atomic E-state index is -1.06. The van der Waals surface area contributed by atoms with E-state index < -0.39 is 5.67 Å². The Labute approximate surface area is 139 Å². The van der Waals surface area contributed by atoms with Crippen LogP contribution in [0.25, 0.3) is 5.57 Å². The van der Waals surface area contributed by atoms with Crippen LogP contribution in [0.1, 0.15) is 29.7 Å². The Morgan fingerprint density at radius 1 is 1.25 bits per heavy atom. The fourth-order valence-electron chi connectivity index (χ4n) is 2.76. The molecular weight excluding hydrogens is 305 g/mol. The quantitative estimate of drug-likeness (QED) is 0.854. The molecule has 2 N–H and O–H groups in total. The second-order valence-corrected chi connectivity index (χ2v) is 6.16. The smallest absolute Gasteiger partial charge is 0.223 e. The molecule has 2 aliphatic carbocycles. The molecular formula is C18H18FN5. The Hall–Kier alpha value is -2.76. The lowest BCUT2D eigenvalue weighted by atomic mass is 10.0. The molecule has 1 saturated carbocycles. The van der Waals surface area contributed by atoms with Crippen LogP contribution >= 0.6 is 0 Å². The van der Waals surface area contributed by atoms with E-state index in [-0.39, 0.29) is 6.54 Å². The first-order chi connectivity index (χ1) is 11.7. The van der Waals surface area contributed by atoms with Gasteiger partial charge in [0.05, 0.1) is 12.2 Å². The summed E-state index contributed by atoms with van der Waals surface area (Å²) in [6.45, 7) is 3.90. The third-order valence-corrected chi connectivity index (χ3v) is 4.34. The molecule has 4 rings (SSSR count). The molecule has 0 amide bonds. The number of hydrogen-bond acceptors (Lipinski definition) is 5. The molecule has 0 aromatic carbocycles. The van der Waals surface area contributed by atoms with E-state index in [1.807, 2.05) is 18.3 Å². The van der Waals surface area contributed by atoms with Crippen LogP contribution in [-0.2, 0) is 6.42 Å². The highest BCUT2D eigenvalue weighted by Crippen LogP contribution is 2.39. The average Bonchev–Trinajstić information content (AvgIpc) is 3.19. The number of anilines is 2. The molecule has 2 aliphatic rings. The third-order valence-electron chi connectivity index (χ3n) is 4.34. The highest BCUT2D eigenvalue weighted by Gasteiger charge is 2.43. The summed E-state index contributed by atoms with van der Waals surface area (Å²) >= 11 is 0. The Morgan fingerprint density at radius 3 is 2.83 bits per heavy atom. The van der Waals surface area contributed by atoms with Crippen LogP contribution in [0.2, 0.25) is 0 Å². The molecule has 2 aromatic heterocycles. The van der Waals surface area contributed by atoms with E-state index in [0.717, 1.165) is 34.6 Å². The van der Waals surface area contributed by atoms with Gasteiger partial charge >= 0.3 is 0 Å². The van der Waals surface area contributed by atoms with Gasteiger partial charge < -0.3 is 10.6 Å². The van der Waals surface area contributed by atoms with Crippen LogP contribution in [0.4, 0.5) is 16.2 Å². The van der Waals surface area contributed by atoms with Gasteiger partial charge in [-0.1, -0.05) is 12.7 Å². The SMILES string of the molecule is C=CNc1ccc(C2=CCc3nc(NCC4(F)CC4)ncc32)cn1. The van der Waals surface area contributed by atoms with Crippen molar-refractivity contribution in [2.75, 3.05) is 17.2 Å². The second-order valence-electron chi connectivity index (χ2n) is 6.16. The number of pyridine rings is 1. The summed E-state index contributed by atoms with van der Waals surface area (Å²) < 4.78 is 13.7. The first-order valence-corrected chi connectivity index (χ1v) is 8.00. The first-order valence-electron chi connectivity index (χ1n) is 8.00. The summed E-state index contributed by atoms with van der Waals surface area (Å²) in [5, 5.41) is 5.96. The lowest BCUT2D eigenvalue weighted by Crippen LogP contribution is -2.17. The predicted molar refractivity (Wildman–Crippen MR) is 92.4 cm³/mol. The van der Waals surface area contributed by atoms with Gasteiger partial charge in [-0.2, -0.15) is 0 Å². The predicted octanol–water partition coefficient (Wildman–Crippen LogP) is 3.33. The summed E-state index contributed by atoms with van der Waals surface area (Å²) in [5.74, 6) is 1.25. The number of aromatic nitrogens is 3. The molecule has 0 saturated heterocycles. The van der Waals surface area contributed by atoms with Gasteiger partial charge in [-0.25, -0.2) is 19.3 Å². The van der Waals surface area contributed by atoms with Crippen LogP contribution in [0, 0.1) is 0 Å². The van der Waals surface area contributed by atoms with Crippen molar-refractivity contribution in [3.8, 4) is 0 Å². The fourth-order valence-corrected chi connectivity index (χ4v) is 2.76. The van der Waals surface area contributed by atoms with E-state index in [9.17, 15) is 4.39 Å². The summed E-state index contributed by atoms with van der Waals surface area (Å²) in [5.41, 5.74) is 3.01. The third kappa shape index (κ3) is 2.87. The van der Waals surface area contributed by atoms with E-state index >= 15 is 0 Å². The number of halogens is 1. The largest absolute Gasteiger partial charge is 0.351 e. The van der Waals surface area contributed by atoms with Crippen molar-refractivity contribution in [3.63, 3.8) is 0 Å². The average molecular weight is 323 g/mol. The van der Waals surface area contributed by atoms with Crippen LogP contribution in [0.3, 0.4) is 0 Å². The van der Waals surface area contributed by atoms with Crippen molar-refractivity contribution in [3.05, 3.63) is 60.2 Å². The zero-order chi connectivity index (χ0) is 16.6. The van der Waals surface area contributed by atoms with Gasteiger partial charge in [0.1, 0.15) is 11.5 Å². The number of hydrogen-bond donors (Lipinski definition) is 2. The van der Waals surface area contributed by atoms with Gasteiger partial charge in [0.2, 0.25) is 5.95 Å². The van der Waals surface area contributed by atoms with Gasteiger partial charge in [0.25, 0.3) is 0 Å². The standard InChI is InChI=1S/C18H18FN5/c1-2-20-16-6-3-12(9-21-16)13-4-5-15-14(13)10-22-17(24-15)23-11-18(19)7-8-18/h2-4,6,9-10H,1,5,7-8,11H2,(H,20,21)(H,22,23,24). The molecule has 6 heteroatoms. The van der Waals surface area contributed by atoms with E-state index in [1.165, 1.54) is 0 Å². The monoisotopic (exact) mass is 323 g/mol. The molecule has 0 atom stereocenters. The molecule has 24 heavy (non-hydrogen) atoms. The normalized spacial score (nSPS) is 17.0. The van der Waals surface area contributed by atoms with E-state index in [4.69, 9.17) is 0 Å². The van der Waals surface area contributed by atoms with Crippen LogP contribution in [0.15, 0.2) is 43.4 Å². The molecule has 0 spiro atoms. The van der Waals surface area contributed by atoms with Gasteiger partial charge in [-0.15, -0.1) is 0 Å². The number of rotatable bonds is 6. The molecule has 0 unspecified atom stereocenters. The van der Waals surface area contributed by atoms with Crippen molar-refractivity contribution < 1.29 is 4.39 Å². The highest BCUT2D eigenvalue weighted by molar-refractivity contribution is 5.83. The van der Waals surface area contributed by atoms with Crippen molar-refractivity contribution in [1.29, 1.82) is 0 Å². The van der Waals surface area contributed by atoms with Crippen molar-refractivity contribution in [1.82, 2.24) is 15.0 Å².